The minimum Gasteiger partial charge on any atom is -0.337 e. The molecule has 7 nitrogen and oxygen atoms in total. The number of likely N-dealkylation sites (N-methyl/N-ethyl adjacent to an activating group) is 1. The van der Waals surface area contributed by atoms with Crippen molar-refractivity contribution >= 4 is 23.4 Å². The van der Waals surface area contributed by atoms with Crippen LogP contribution in [0.15, 0.2) is 30.6 Å². The Balaban J connectivity index is 1.66. The molecule has 1 fully saturated rings. The molecular weight excluding hydrogens is 373 g/mol. The first kappa shape index (κ1) is 19.3. The minimum atomic E-state index is -0.641. The van der Waals surface area contributed by atoms with Crippen LogP contribution in [-0.4, -0.2) is 64.6 Å². The topological polar surface area (TPSA) is 70.5 Å². The van der Waals surface area contributed by atoms with E-state index >= 15 is 0 Å². The van der Waals surface area contributed by atoms with Crippen molar-refractivity contribution in [2.75, 3.05) is 33.2 Å². The Morgan fingerprint density at radius 3 is 2.44 bits per heavy atom. The van der Waals surface area contributed by atoms with Crippen LogP contribution in [0, 0.1) is 5.82 Å². The van der Waals surface area contributed by atoms with Gasteiger partial charge in [0.25, 0.3) is 5.91 Å². The number of nitrogens with zero attached hydrogens (tertiary/aromatic N) is 4. The highest BCUT2D eigenvalue weighted by Gasteiger charge is 2.31. The Labute approximate surface area is 161 Å². The van der Waals surface area contributed by atoms with Crippen molar-refractivity contribution < 1.29 is 14.0 Å². The molecular formula is C18H21ClFN5O2. The van der Waals surface area contributed by atoms with Crippen molar-refractivity contribution in [3.8, 4) is 0 Å². The molecule has 0 saturated carbocycles. The number of carbonyl (C=O) groups excluding carboxylic acids is 2. The Bertz CT molecular complexity index is 828. The first-order chi connectivity index (χ1) is 12.9. The Morgan fingerprint density at radius 1 is 1.22 bits per heavy atom. The van der Waals surface area contributed by atoms with Crippen molar-refractivity contribution in [1.82, 2.24) is 24.9 Å². The maximum Gasteiger partial charge on any atom is 0.258 e. The Kier molecular flexibility index (Phi) is 5.76. The highest BCUT2D eigenvalue weighted by Crippen LogP contribution is 2.22. The van der Waals surface area contributed by atoms with Gasteiger partial charge in [0, 0.05) is 45.0 Å². The van der Waals surface area contributed by atoms with Crippen molar-refractivity contribution in [1.29, 1.82) is 0 Å². The van der Waals surface area contributed by atoms with Gasteiger partial charge in [-0.15, -0.1) is 0 Å². The summed E-state index contributed by atoms with van der Waals surface area (Å²) in [6.45, 7) is 1.38. The van der Waals surface area contributed by atoms with E-state index in [0.29, 0.717) is 26.2 Å². The second-order valence-corrected chi connectivity index (χ2v) is 6.79. The first-order valence-electron chi connectivity index (χ1n) is 8.60. The normalized spacial score (nSPS) is 15.7. The minimum absolute atomic E-state index is 0.0819. The third-order valence-corrected chi connectivity index (χ3v) is 4.96. The average molecular weight is 394 g/mol. The SMILES string of the molecule is CNC(C(=O)N1CCN(C(=O)c2c(F)cccc2Cl)CC1)c1cnn(C)c1. The summed E-state index contributed by atoms with van der Waals surface area (Å²) in [5, 5.41) is 7.20. The van der Waals surface area contributed by atoms with E-state index in [4.69, 9.17) is 11.6 Å². The van der Waals surface area contributed by atoms with E-state index in [2.05, 4.69) is 10.4 Å². The van der Waals surface area contributed by atoms with Gasteiger partial charge in [-0.05, 0) is 19.2 Å². The summed E-state index contributed by atoms with van der Waals surface area (Å²) >= 11 is 5.98. The number of aromatic nitrogens is 2. The fourth-order valence-corrected chi connectivity index (χ4v) is 3.44. The molecule has 1 saturated heterocycles. The molecule has 1 atom stereocenters. The third kappa shape index (κ3) is 3.96. The number of hydrogen-bond donors (Lipinski definition) is 1. The summed E-state index contributed by atoms with van der Waals surface area (Å²) < 4.78 is 15.6. The third-order valence-electron chi connectivity index (χ3n) is 4.65. The fourth-order valence-electron chi connectivity index (χ4n) is 3.19. The molecule has 1 N–H and O–H groups in total. The summed E-state index contributed by atoms with van der Waals surface area (Å²) in [6, 6.07) is 3.66. The molecule has 1 aliphatic rings. The van der Waals surface area contributed by atoms with Crippen LogP contribution in [0.2, 0.25) is 5.02 Å². The second-order valence-electron chi connectivity index (χ2n) is 6.38. The van der Waals surface area contributed by atoms with Crippen LogP contribution in [0.3, 0.4) is 0 Å². The standard InChI is InChI=1S/C18H21ClFN5O2/c1-21-16(12-10-22-23(2)11-12)18(27)25-8-6-24(7-9-25)17(26)15-13(19)4-3-5-14(15)20/h3-5,10-11,16,21H,6-9H2,1-2H3. The lowest BCUT2D eigenvalue weighted by molar-refractivity contribution is -0.135. The molecule has 3 rings (SSSR count). The van der Waals surface area contributed by atoms with E-state index in [9.17, 15) is 14.0 Å². The monoisotopic (exact) mass is 393 g/mol. The number of benzene rings is 1. The highest BCUT2D eigenvalue weighted by molar-refractivity contribution is 6.33. The van der Waals surface area contributed by atoms with Gasteiger partial charge in [-0.1, -0.05) is 17.7 Å². The molecule has 0 spiro atoms. The van der Waals surface area contributed by atoms with Gasteiger partial charge in [0.1, 0.15) is 11.9 Å². The van der Waals surface area contributed by atoms with E-state index in [0.717, 1.165) is 5.56 Å². The number of aryl methyl sites for hydroxylation is 1. The molecule has 0 bridgehead atoms. The van der Waals surface area contributed by atoms with Crippen molar-refractivity contribution in [3.63, 3.8) is 0 Å². The van der Waals surface area contributed by atoms with E-state index in [1.807, 2.05) is 0 Å². The van der Waals surface area contributed by atoms with E-state index in [-0.39, 0.29) is 16.5 Å². The number of piperazine rings is 1. The van der Waals surface area contributed by atoms with E-state index in [1.165, 1.54) is 23.1 Å². The number of carbonyl (C=O) groups is 2. The molecule has 0 radical (unpaired) electrons. The van der Waals surface area contributed by atoms with Gasteiger partial charge in [-0.2, -0.15) is 5.10 Å². The number of hydrogen-bond acceptors (Lipinski definition) is 4. The number of halogens is 2. The summed E-state index contributed by atoms with van der Waals surface area (Å²) in [5.41, 5.74) is 0.657. The zero-order chi connectivity index (χ0) is 19.6. The van der Waals surface area contributed by atoms with Gasteiger partial charge in [0.05, 0.1) is 16.8 Å². The van der Waals surface area contributed by atoms with Gasteiger partial charge in [-0.3, -0.25) is 14.3 Å². The predicted octanol–water partition coefficient (Wildman–Crippen LogP) is 1.46. The van der Waals surface area contributed by atoms with E-state index in [1.54, 1.807) is 36.1 Å². The summed E-state index contributed by atoms with van der Waals surface area (Å²) in [7, 11) is 3.51. The predicted molar refractivity (Wildman–Crippen MR) is 98.9 cm³/mol. The van der Waals surface area contributed by atoms with E-state index < -0.39 is 17.8 Å². The molecule has 1 unspecified atom stereocenters. The average Bonchev–Trinajstić information content (AvgIpc) is 3.08. The van der Waals surface area contributed by atoms with Gasteiger partial charge < -0.3 is 15.1 Å². The van der Waals surface area contributed by atoms with Crippen molar-refractivity contribution in [2.45, 2.75) is 6.04 Å². The molecule has 1 aliphatic heterocycles. The van der Waals surface area contributed by atoms with Crippen LogP contribution in [0.5, 0.6) is 0 Å². The number of nitrogens with one attached hydrogen (secondary N) is 1. The van der Waals surface area contributed by atoms with Gasteiger partial charge in [-0.25, -0.2) is 4.39 Å². The molecule has 144 valence electrons. The lowest BCUT2D eigenvalue weighted by Gasteiger charge is -2.36. The Morgan fingerprint density at radius 2 is 1.89 bits per heavy atom. The molecule has 1 aromatic carbocycles. The number of amides is 2. The lowest BCUT2D eigenvalue weighted by atomic mass is 10.1. The molecule has 9 heteroatoms. The van der Waals surface area contributed by atoms with Gasteiger partial charge >= 0.3 is 0 Å². The zero-order valence-corrected chi connectivity index (χ0v) is 15.9. The molecule has 27 heavy (non-hydrogen) atoms. The molecule has 1 aromatic heterocycles. The summed E-state index contributed by atoms with van der Waals surface area (Å²) in [5.74, 6) is -1.18. The maximum atomic E-state index is 14.0. The first-order valence-corrected chi connectivity index (χ1v) is 8.98. The maximum absolute atomic E-state index is 14.0. The summed E-state index contributed by atoms with van der Waals surface area (Å²) in [4.78, 5) is 28.7. The highest BCUT2D eigenvalue weighted by atomic mass is 35.5. The molecule has 2 aromatic rings. The fraction of sp³-hybridized carbons (Fsp3) is 0.389. The molecule has 0 aliphatic carbocycles. The molecule has 2 heterocycles. The number of rotatable bonds is 4. The lowest BCUT2D eigenvalue weighted by Crippen LogP contribution is -2.52. The van der Waals surface area contributed by atoms with Gasteiger partial charge in [0.2, 0.25) is 5.91 Å². The van der Waals surface area contributed by atoms with Crippen molar-refractivity contribution in [2.24, 2.45) is 7.05 Å². The smallest absolute Gasteiger partial charge is 0.258 e. The summed E-state index contributed by atoms with van der Waals surface area (Å²) in [6.07, 6.45) is 3.44. The molecule has 2 amide bonds. The van der Waals surface area contributed by atoms with Crippen LogP contribution in [0.1, 0.15) is 22.0 Å². The Hall–Kier alpha value is -2.45. The zero-order valence-electron chi connectivity index (χ0n) is 15.2. The quantitative estimate of drug-likeness (QED) is 0.853. The van der Waals surface area contributed by atoms with Crippen LogP contribution in [-0.2, 0) is 11.8 Å². The van der Waals surface area contributed by atoms with Crippen molar-refractivity contribution in [3.05, 3.63) is 52.6 Å². The second kappa shape index (κ2) is 8.06. The van der Waals surface area contributed by atoms with Crippen LogP contribution in [0.25, 0.3) is 0 Å². The van der Waals surface area contributed by atoms with Crippen LogP contribution >= 0.6 is 11.6 Å². The van der Waals surface area contributed by atoms with Crippen LogP contribution in [0.4, 0.5) is 4.39 Å². The largest absolute Gasteiger partial charge is 0.337 e. The van der Waals surface area contributed by atoms with Crippen LogP contribution < -0.4 is 5.32 Å². The van der Waals surface area contributed by atoms with Gasteiger partial charge in [0.15, 0.2) is 0 Å².